The summed E-state index contributed by atoms with van der Waals surface area (Å²) in [4.78, 5) is 4.33. The summed E-state index contributed by atoms with van der Waals surface area (Å²) in [5.74, 6) is 0.990. The second kappa shape index (κ2) is 6.81. The second-order valence-electron chi connectivity index (χ2n) is 3.88. The first-order valence-electron chi connectivity index (χ1n) is 5.80. The van der Waals surface area contributed by atoms with Crippen LogP contribution in [0.1, 0.15) is 5.56 Å². The third-order valence-electron chi connectivity index (χ3n) is 2.53. The van der Waals surface area contributed by atoms with Crippen LogP contribution in [0.3, 0.4) is 0 Å². The fourth-order valence-electron chi connectivity index (χ4n) is 1.58. The molecule has 4 heteroatoms. The van der Waals surface area contributed by atoms with Crippen molar-refractivity contribution in [2.45, 2.75) is 11.9 Å². The van der Waals surface area contributed by atoms with Gasteiger partial charge in [-0.05, 0) is 46.6 Å². The maximum Gasteiger partial charge on any atom is 0.110 e. The Morgan fingerprint density at radius 2 is 2.06 bits per heavy atom. The van der Waals surface area contributed by atoms with E-state index in [1.165, 1.54) is 11.3 Å². The summed E-state index contributed by atoms with van der Waals surface area (Å²) in [6.07, 6.45) is 1.82. The van der Waals surface area contributed by atoms with E-state index in [2.05, 4.69) is 57.4 Å². The van der Waals surface area contributed by atoms with Gasteiger partial charge in [-0.1, -0.05) is 18.2 Å². The smallest absolute Gasteiger partial charge is 0.110 e. The van der Waals surface area contributed by atoms with Gasteiger partial charge in [-0.25, -0.2) is 4.98 Å². The van der Waals surface area contributed by atoms with Crippen molar-refractivity contribution in [3.63, 3.8) is 0 Å². The molecular formula is C14H15BrN2S. The molecule has 0 spiro atoms. The number of pyridine rings is 1. The Balaban J connectivity index is 1.80. The average molecular weight is 323 g/mol. The number of benzene rings is 1. The van der Waals surface area contributed by atoms with Crippen molar-refractivity contribution in [3.05, 3.63) is 52.6 Å². The van der Waals surface area contributed by atoms with Crippen LogP contribution in [0.15, 0.2) is 52.1 Å². The molecule has 1 heterocycles. The molecule has 0 unspecified atom stereocenters. The van der Waals surface area contributed by atoms with Crippen LogP contribution in [-0.2, 0) is 0 Å². The Hall–Kier alpha value is -1.000. The average Bonchev–Trinajstić information content (AvgIpc) is 2.38. The van der Waals surface area contributed by atoms with Crippen molar-refractivity contribution >= 4 is 33.4 Å². The van der Waals surface area contributed by atoms with E-state index >= 15 is 0 Å². The third-order valence-corrected chi connectivity index (χ3v) is 4.44. The van der Waals surface area contributed by atoms with Crippen molar-refractivity contribution < 1.29 is 0 Å². The standard InChI is InChI=1S/C14H15BrN2S/c1-11-5-2-3-7-13(11)16-9-10-18-14-12(15)6-4-8-17-14/h2-8,16H,9-10H2,1H3. The Morgan fingerprint density at radius 3 is 2.83 bits per heavy atom. The van der Waals surface area contributed by atoms with Crippen LogP contribution in [0.25, 0.3) is 0 Å². The van der Waals surface area contributed by atoms with E-state index in [-0.39, 0.29) is 0 Å². The minimum atomic E-state index is 0.929. The largest absolute Gasteiger partial charge is 0.384 e. The molecule has 0 bridgehead atoms. The lowest BCUT2D eigenvalue weighted by Crippen LogP contribution is -2.05. The number of hydrogen-bond donors (Lipinski definition) is 1. The molecule has 0 aliphatic carbocycles. The Bertz CT molecular complexity index is 469. The SMILES string of the molecule is Cc1ccccc1NCCSc1ncccc1Br. The highest BCUT2D eigenvalue weighted by molar-refractivity contribution is 9.10. The quantitative estimate of drug-likeness (QED) is 0.654. The van der Waals surface area contributed by atoms with Gasteiger partial charge in [0.15, 0.2) is 0 Å². The van der Waals surface area contributed by atoms with Gasteiger partial charge in [-0.15, -0.1) is 11.8 Å². The number of aryl methyl sites for hydroxylation is 1. The maximum absolute atomic E-state index is 4.33. The summed E-state index contributed by atoms with van der Waals surface area (Å²) >= 11 is 5.25. The van der Waals surface area contributed by atoms with Crippen LogP contribution in [0.2, 0.25) is 0 Å². The van der Waals surface area contributed by atoms with Crippen LogP contribution in [0.5, 0.6) is 0 Å². The normalized spacial score (nSPS) is 10.3. The first-order valence-corrected chi connectivity index (χ1v) is 7.58. The summed E-state index contributed by atoms with van der Waals surface area (Å²) in [6, 6.07) is 12.3. The van der Waals surface area contributed by atoms with Gasteiger partial charge < -0.3 is 5.32 Å². The summed E-state index contributed by atoms with van der Waals surface area (Å²) < 4.78 is 1.06. The molecule has 18 heavy (non-hydrogen) atoms. The lowest BCUT2D eigenvalue weighted by atomic mass is 10.2. The zero-order valence-electron chi connectivity index (χ0n) is 10.2. The van der Waals surface area contributed by atoms with Crippen LogP contribution in [-0.4, -0.2) is 17.3 Å². The number of nitrogens with zero attached hydrogens (tertiary/aromatic N) is 1. The molecule has 0 radical (unpaired) electrons. The minimum absolute atomic E-state index is 0.929. The van der Waals surface area contributed by atoms with Gasteiger partial charge in [0.25, 0.3) is 0 Å². The van der Waals surface area contributed by atoms with Crippen molar-refractivity contribution in [1.82, 2.24) is 4.98 Å². The number of halogens is 1. The predicted molar refractivity (Wildman–Crippen MR) is 82.3 cm³/mol. The van der Waals surface area contributed by atoms with E-state index in [4.69, 9.17) is 0 Å². The molecule has 0 saturated carbocycles. The Kier molecular flexibility index (Phi) is 5.08. The van der Waals surface area contributed by atoms with Gasteiger partial charge in [0.05, 0.1) is 0 Å². The Labute approximate surface area is 120 Å². The van der Waals surface area contributed by atoms with Crippen LogP contribution in [0, 0.1) is 6.92 Å². The molecule has 2 aromatic rings. The molecule has 0 amide bonds. The highest BCUT2D eigenvalue weighted by Crippen LogP contribution is 2.24. The van der Waals surface area contributed by atoms with Gasteiger partial charge >= 0.3 is 0 Å². The summed E-state index contributed by atoms with van der Waals surface area (Å²) in [7, 11) is 0. The van der Waals surface area contributed by atoms with Gasteiger partial charge in [0, 0.05) is 28.7 Å². The molecule has 2 rings (SSSR count). The highest BCUT2D eigenvalue weighted by Gasteiger charge is 2.01. The molecule has 0 fully saturated rings. The molecule has 1 aromatic heterocycles. The lowest BCUT2D eigenvalue weighted by molar-refractivity contribution is 1.10. The number of aromatic nitrogens is 1. The predicted octanol–water partition coefficient (Wildman–Crippen LogP) is 4.36. The number of para-hydroxylation sites is 1. The van der Waals surface area contributed by atoms with Crippen LogP contribution in [0.4, 0.5) is 5.69 Å². The number of rotatable bonds is 5. The second-order valence-corrected chi connectivity index (χ2v) is 5.82. The molecule has 0 aliphatic rings. The molecule has 0 saturated heterocycles. The number of anilines is 1. The van der Waals surface area contributed by atoms with E-state index in [9.17, 15) is 0 Å². The van der Waals surface area contributed by atoms with Gasteiger partial charge in [-0.2, -0.15) is 0 Å². The van der Waals surface area contributed by atoms with Crippen LogP contribution < -0.4 is 5.32 Å². The minimum Gasteiger partial charge on any atom is -0.384 e. The van der Waals surface area contributed by atoms with E-state index in [0.717, 1.165) is 21.8 Å². The number of hydrogen-bond acceptors (Lipinski definition) is 3. The van der Waals surface area contributed by atoms with Gasteiger partial charge in [0.1, 0.15) is 5.03 Å². The number of nitrogens with one attached hydrogen (secondary N) is 1. The van der Waals surface area contributed by atoms with E-state index < -0.39 is 0 Å². The zero-order valence-corrected chi connectivity index (χ0v) is 12.6. The van der Waals surface area contributed by atoms with E-state index in [0.29, 0.717) is 0 Å². The Morgan fingerprint density at radius 1 is 1.22 bits per heavy atom. The topological polar surface area (TPSA) is 24.9 Å². The first kappa shape index (κ1) is 13.4. The molecule has 94 valence electrons. The first-order chi connectivity index (χ1) is 8.77. The third kappa shape index (κ3) is 3.75. The van der Waals surface area contributed by atoms with Crippen molar-refractivity contribution in [2.24, 2.45) is 0 Å². The monoisotopic (exact) mass is 322 g/mol. The molecular weight excluding hydrogens is 308 g/mol. The molecule has 1 aromatic carbocycles. The highest BCUT2D eigenvalue weighted by atomic mass is 79.9. The van der Waals surface area contributed by atoms with Crippen molar-refractivity contribution in [3.8, 4) is 0 Å². The molecule has 0 atom stereocenters. The van der Waals surface area contributed by atoms with E-state index in [1.807, 2.05) is 18.3 Å². The van der Waals surface area contributed by atoms with Gasteiger partial charge in [0.2, 0.25) is 0 Å². The fourth-order valence-corrected chi connectivity index (χ4v) is 2.92. The zero-order chi connectivity index (χ0) is 12.8. The van der Waals surface area contributed by atoms with E-state index in [1.54, 1.807) is 11.8 Å². The maximum atomic E-state index is 4.33. The van der Waals surface area contributed by atoms with Crippen molar-refractivity contribution in [1.29, 1.82) is 0 Å². The lowest BCUT2D eigenvalue weighted by Gasteiger charge is -2.09. The van der Waals surface area contributed by atoms with Crippen LogP contribution >= 0.6 is 27.7 Å². The number of thioether (sulfide) groups is 1. The molecule has 1 N–H and O–H groups in total. The summed E-state index contributed by atoms with van der Waals surface area (Å²) in [5.41, 5.74) is 2.49. The molecule has 2 nitrogen and oxygen atoms in total. The van der Waals surface area contributed by atoms with Crippen molar-refractivity contribution in [2.75, 3.05) is 17.6 Å². The fraction of sp³-hybridized carbons (Fsp3) is 0.214. The molecule has 0 aliphatic heterocycles. The summed E-state index contributed by atoms with van der Waals surface area (Å²) in [5, 5.41) is 4.48. The van der Waals surface area contributed by atoms with Gasteiger partial charge in [-0.3, -0.25) is 0 Å². The summed E-state index contributed by atoms with van der Waals surface area (Å²) in [6.45, 7) is 3.04.